The number of aromatic carboxylic acids is 1. The Morgan fingerprint density at radius 1 is 0.938 bits per heavy atom. The highest BCUT2D eigenvalue weighted by atomic mass is 35.5. The van der Waals surface area contributed by atoms with Gasteiger partial charge in [-0.05, 0) is 61.4 Å². The minimum atomic E-state index is -1.04. The topological polar surface area (TPSA) is 82.5 Å². The number of nitrogens with one attached hydrogen (secondary N) is 1. The van der Waals surface area contributed by atoms with Gasteiger partial charge in [-0.1, -0.05) is 12.8 Å². The van der Waals surface area contributed by atoms with E-state index in [0.29, 0.717) is 28.0 Å². The van der Waals surface area contributed by atoms with Gasteiger partial charge >= 0.3 is 5.97 Å². The van der Waals surface area contributed by atoms with Crippen molar-refractivity contribution < 1.29 is 19.1 Å². The smallest absolute Gasteiger partial charge is 0.336 e. The second-order valence-electron chi connectivity index (χ2n) is 7.43. The molecule has 1 amide bonds. The Hall–Kier alpha value is -2.90. The van der Waals surface area contributed by atoms with Gasteiger partial charge in [-0.15, -0.1) is 24.8 Å². The highest BCUT2D eigenvalue weighted by molar-refractivity contribution is 6.08. The standard InChI is InChI=1S/C23H22FN3O3.2ClH/c24-16-7-5-15(6-8-16)22(28)25-17-9-10-20-18(13-17)19(23(29)30)14-21(26-20)27-11-3-1-2-4-12-27;;/h5-10,13-14H,1-4,11-12H2,(H,25,28)(H,29,30);2*1H. The van der Waals surface area contributed by atoms with Crippen LogP contribution < -0.4 is 10.2 Å². The third kappa shape index (κ3) is 5.66. The minimum absolute atomic E-state index is 0. The second-order valence-corrected chi connectivity index (χ2v) is 7.43. The summed E-state index contributed by atoms with van der Waals surface area (Å²) in [6.07, 6.45) is 4.48. The summed E-state index contributed by atoms with van der Waals surface area (Å²) < 4.78 is 13.1. The summed E-state index contributed by atoms with van der Waals surface area (Å²) in [5, 5.41) is 13.0. The predicted octanol–water partition coefficient (Wildman–Crippen LogP) is 5.55. The van der Waals surface area contributed by atoms with E-state index in [9.17, 15) is 19.1 Å². The molecule has 170 valence electrons. The number of halogens is 3. The van der Waals surface area contributed by atoms with Gasteiger partial charge in [0, 0.05) is 29.7 Å². The van der Waals surface area contributed by atoms with Crippen molar-refractivity contribution in [3.63, 3.8) is 0 Å². The molecule has 1 aliphatic heterocycles. The Bertz CT molecular complexity index is 1100. The van der Waals surface area contributed by atoms with Gasteiger partial charge in [0.05, 0.1) is 11.1 Å². The van der Waals surface area contributed by atoms with E-state index in [0.717, 1.165) is 25.9 Å². The number of carbonyl (C=O) groups excluding carboxylic acids is 1. The van der Waals surface area contributed by atoms with Crippen molar-refractivity contribution in [2.24, 2.45) is 0 Å². The lowest BCUT2D eigenvalue weighted by Gasteiger charge is -2.22. The van der Waals surface area contributed by atoms with Gasteiger partial charge < -0.3 is 15.3 Å². The lowest BCUT2D eigenvalue weighted by Crippen LogP contribution is -2.25. The molecule has 1 fully saturated rings. The molecule has 1 aromatic heterocycles. The maximum Gasteiger partial charge on any atom is 0.336 e. The molecule has 1 aliphatic rings. The molecular weight excluding hydrogens is 456 g/mol. The maximum atomic E-state index is 13.1. The molecule has 0 unspecified atom stereocenters. The van der Waals surface area contributed by atoms with Crippen LogP contribution in [-0.4, -0.2) is 35.1 Å². The predicted molar refractivity (Wildman–Crippen MR) is 128 cm³/mol. The van der Waals surface area contributed by atoms with Crippen LogP contribution in [0, 0.1) is 5.82 Å². The van der Waals surface area contributed by atoms with E-state index in [1.165, 1.54) is 37.1 Å². The average Bonchev–Trinajstić information content (AvgIpc) is 3.03. The number of aromatic nitrogens is 1. The second kappa shape index (κ2) is 11.1. The minimum Gasteiger partial charge on any atom is -0.478 e. The number of hydrogen-bond acceptors (Lipinski definition) is 4. The van der Waals surface area contributed by atoms with Crippen LogP contribution in [0.25, 0.3) is 10.9 Å². The number of benzene rings is 2. The van der Waals surface area contributed by atoms with Gasteiger partial charge in [0.25, 0.3) is 5.91 Å². The number of fused-ring (bicyclic) bond motifs is 1. The van der Waals surface area contributed by atoms with Crippen LogP contribution in [0.5, 0.6) is 0 Å². The van der Waals surface area contributed by atoms with E-state index >= 15 is 0 Å². The number of hydrogen-bond donors (Lipinski definition) is 2. The van der Waals surface area contributed by atoms with E-state index in [2.05, 4.69) is 15.2 Å². The van der Waals surface area contributed by atoms with Crippen molar-refractivity contribution >= 4 is 59.1 Å². The van der Waals surface area contributed by atoms with Crippen molar-refractivity contribution in [2.45, 2.75) is 25.7 Å². The zero-order valence-electron chi connectivity index (χ0n) is 17.2. The van der Waals surface area contributed by atoms with E-state index in [1.807, 2.05) is 0 Å². The van der Waals surface area contributed by atoms with Crippen LogP contribution in [0.15, 0.2) is 48.5 Å². The zero-order chi connectivity index (χ0) is 21.1. The Balaban J connectivity index is 0.00000181. The molecule has 3 aromatic rings. The van der Waals surface area contributed by atoms with E-state index in [1.54, 1.807) is 24.3 Å². The van der Waals surface area contributed by atoms with E-state index < -0.39 is 17.7 Å². The first-order valence-electron chi connectivity index (χ1n) is 10.0. The zero-order valence-corrected chi connectivity index (χ0v) is 18.8. The molecule has 2 heterocycles. The molecule has 0 radical (unpaired) electrons. The lowest BCUT2D eigenvalue weighted by atomic mass is 10.1. The number of anilines is 2. The number of pyridine rings is 1. The largest absolute Gasteiger partial charge is 0.478 e. The number of carboxylic acids is 1. The normalized spacial score (nSPS) is 13.5. The average molecular weight is 480 g/mol. The first-order chi connectivity index (χ1) is 14.5. The van der Waals surface area contributed by atoms with Gasteiger partial charge in [0.1, 0.15) is 11.6 Å². The van der Waals surface area contributed by atoms with Gasteiger partial charge in [0.15, 0.2) is 0 Å². The van der Waals surface area contributed by atoms with Crippen LogP contribution in [-0.2, 0) is 0 Å². The van der Waals surface area contributed by atoms with Crippen LogP contribution in [0.4, 0.5) is 15.9 Å². The Morgan fingerprint density at radius 2 is 1.59 bits per heavy atom. The van der Waals surface area contributed by atoms with Crippen LogP contribution >= 0.6 is 24.8 Å². The fraction of sp³-hybridized carbons (Fsp3) is 0.261. The summed E-state index contributed by atoms with van der Waals surface area (Å²) in [4.78, 5) is 31.2. The molecule has 4 rings (SSSR count). The molecule has 6 nitrogen and oxygen atoms in total. The van der Waals surface area contributed by atoms with Crippen LogP contribution in [0.2, 0.25) is 0 Å². The van der Waals surface area contributed by atoms with Gasteiger partial charge in [-0.3, -0.25) is 4.79 Å². The third-order valence-electron chi connectivity index (χ3n) is 5.32. The lowest BCUT2D eigenvalue weighted by molar-refractivity contribution is 0.0698. The number of rotatable bonds is 4. The van der Waals surface area contributed by atoms with E-state index in [-0.39, 0.29) is 30.4 Å². The van der Waals surface area contributed by atoms with Gasteiger partial charge in [-0.2, -0.15) is 0 Å². The molecule has 0 spiro atoms. The molecule has 2 N–H and O–H groups in total. The summed E-state index contributed by atoms with van der Waals surface area (Å²) in [7, 11) is 0. The maximum absolute atomic E-state index is 13.1. The number of nitrogens with zero attached hydrogens (tertiary/aromatic N) is 2. The van der Waals surface area contributed by atoms with Crippen molar-refractivity contribution in [1.82, 2.24) is 4.98 Å². The van der Waals surface area contributed by atoms with Crippen molar-refractivity contribution in [1.29, 1.82) is 0 Å². The quantitative estimate of drug-likeness (QED) is 0.512. The third-order valence-corrected chi connectivity index (χ3v) is 5.32. The Kier molecular flexibility index (Phi) is 8.80. The summed E-state index contributed by atoms with van der Waals surface area (Å²) in [6, 6.07) is 11.8. The SMILES string of the molecule is Cl.Cl.O=C(Nc1ccc2nc(N3CCCCCC3)cc(C(=O)O)c2c1)c1ccc(F)cc1. The molecule has 0 bridgehead atoms. The summed E-state index contributed by atoms with van der Waals surface area (Å²) in [5.41, 5.74) is 1.47. The Morgan fingerprint density at radius 3 is 2.22 bits per heavy atom. The first-order valence-corrected chi connectivity index (χ1v) is 10.0. The molecule has 9 heteroatoms. The Labute approximate surface area is 197 Å². The summed E-state index contributed by atoms with van der Waals surface area (Å²) >= 11 is 0. The number of amides is 1. The molecule has 0 atom stereocenters. The molecule has 32 heavy (non-hydrogen) atoms. The monoisotopic (exact) mass is 479 g/mol. The van der Waals surface area contributed by atoms with Gasteiger partial charge in [-0.25, -0.2) is 14.2 Å². The van der Waals surface area contributed by atoms with Gasteiger partial charge in [0.2, 0.25) is 0 Å². The molecular formula is C23H24Cl2FN3O3. The van der Waals surface area contributed by atoms with Crippen molar-refractivity contribution in [3.8, 4) is 0 Å². The van der Waals surface area contributed by atoms with Crippen LogP contribution in [0.3, 0.4) is 0 Å². The summed E-state index contributed by atoms with van der Waals surface area (Å²) in [5.74, 6) is -1.19. The van der Waals surface area contributed by atoms with Crippen LogP contribution in [0.1, 0.15) is 46.4 Å². The molecule has 2 aromatic carbocycles. The number of carboxylic acid groups (broad SMARTS) is 1. The number of carbonyl (C=O) groups is 2. The fourth-order valence-corrected chi connectivity index (χ4v) is 3.73. The molecule has 0 saturated carbocycles. The van der Waals surface area contributed by atoms with Crippen molar-refractivity contribution in [2.75, 3.05) is 23.3 Å². The van der Waals surface area contributed by atoms with E-state index in [4.69, 9.17) is 0 Å². The fourth-order valence-electron chi connectivity index (χ4n) is 3.73. The highest BCUT2D eigenvalue weighted by Crippen LogP contribution is 2.27. The van der Waals surface area contributed by atoms with Crippen molar-refractivity contribution in [3.05, 3.63) is 65.5 Å². The molecule has 1 saturated heterocycles. The molecule has 0 aliphatic carbocycles. The highest BCUT2D eigenvalue weighted by Gasteiger charge is 2.18. The first kappa shape index (κ1) is 25.4. The summed E-state index contributed by atoms with van der Waals surface area (Å²) in [6.45, 7) is 1.73.